The van der Waals surface area contributed by atoms with Crippen LogP contribution in [-0.4, -0.2) is 29.1 Å². The topological polar surface area (TPSA) is 103 Å². The SMILES string of the molecule is Cc1cc(C(=O)OCC2CCCCC2)n(C(N)=O)c1C=C1C(=O)Nc2ccccc21. The van der Waals surface area contributed by atoms with Crippen LogP contribution in [0.3, 0.4) is 0 Å². The third-order valence-electron chi connectivity index (χ3n) is 5.83. The highest BCUT2D eigenvalue weighted by atomic mass is 16.5. The second-order valence-electron chi connectivity index (χ2n) is 7.93. The van der Waals surface area contributed by atoms with Crippen LogP contribution in [0.15, 0.2) is 30.3 Å². The van der Waals surface area contributed by atoms with Gasteiger partial charge in [0.25, 0.3) is 5.91 Å². The first-order chi connectivity index (χ1) is 14.5. The van der Waals surface area contributed by atoms with Gasteiger partial charge in [-0.25, -0.2) is 9.59 Å². The molecule has 3 N–H and O–H groups in total. The minimum absolute atomic E-state index is 0.0781. The van der Waals surface area contributed by atoms with Crippen molar-refractivity contribution >= 4 is 35.2 Å². The Kier molecular flexibility index (Phi) is 5.44. The number of benzene rings is 1. The molecule has 7 heteroatoms. The molecular weight excluding hydrogens is 382 g/mol. The zero-order valence-corrected chi connectivity index (χ0v) is 16.9. The van der Waals surface area contributed by atoms with Crippen LogP contribution in [0.2, 0.25) is 0 Å². The number of amides is 2. The zero-order chi connectivity index (χ0) is 21.3. The van der Waals surface area contributed by atoms with Crippen molar-refractivity contribution in [3.8, 4) is 0 Å². The van der Waals surface area contributed by atoms with Gasteiger partial charge in [0.15, 0.2) is 0 Å². The fraction of sp³-hybridized carbons (Fsp3) is 0.348. The van der Waals surface area contributed by atoms with Crippen molar-refractivity contribution in [2.75, 3.05) is 11.9 Å². The quantitative estimate of drug-likeness (QED) is 0.591. The second-order valence-corrected chi connectivity index (χ2v) is 7.93. The van der Waals surface area contributed by atoms with Gasteiger partial charge in [0.1, 0.15) is 5.69 Å². The monoisotopic (exact) mass is 407 g/mol. The number of hydrogen-bond acceptors (Lipinski definition) is 4. The summed E-state index contributed by atoms with van der Waals surface area (Å²) >= 11 is 0. The van der Waals surface area contributed by atoms with E-state index in [0.29, 0.717) is 35.0 Å². The molecule has 7 nitrogen and oxygen atoms in total. The number of fused-ring (bicyclic) bond motifs is 1. The first-order valence-corrected chi connectivity index (χ1v) is 10.3. The molecule has 0 atom stereocenters. The zero-order valence-electron chi connectivity index (χ0n) is 16.9. The van der Waals surface area contributed by atoms with Gasteiger partial charge in [-0.2, -0.15) is 0 Å². The van der Waals surface area contributed by atoms with E-state index in [1.165, 1.54) is 6.42 Å². The van der Waals surface area contributed by atoms with E-state index in [1.807, 2.05) is 24.3 Å². The molecule has 0 saturated heterocycles. The minimum Gasteiger partial charge on any atom is -0.461 e. The Hall–Kier alpha value is -3.35. The predicted octanol–water partition coefficient (Wildman–Crippen LogP) is 3.95. The number of primary amides is 1. The van der Waals surface area contributed by atoms with Crippen LogP contribution in [-0.2, 0) is 9.53 Å². The molecule has 0 unspecified atom stereocenters. The molecule has 1 fully saturated rings. The number of hydrogen-bond donors (Lipinski definition) is 2. The molecule has 4 rings (SSSR count). The lowest BCUT2D eigenvalue weighted by molar-refractivity contribution is -0.110. The Morgan fingerprint density at radius 3 is 2.70 bits per heavy atom. The van der Waals surface area contributed by atoms with Crippen molar-refractivity contribution in [2.24, 2.45) is 11.7 Å². The summed E-state index contributed by atoms with van der Waals surface area (Å²) < 4.78 is 6.63. The van der Waals surface area contributed by atoms with Crippen LogP contribution in [0.25, 0.3) is 11.6 Å². The van der Waals surface area contributed by atoms with E-state index < -0.39 is 12.0 Å². The maximum atomic E-state index is 12.7. The highest BCUT2D eigenvalue weighted by molar-refractivity contribution is 6.35. The van der Waals surface area contributed by atoms with Crippen molar-refractivity contribution in [3.63, 3.8) is 0 Å². The summed E-state index contributed by atoms with van der Waals surface area (Å²) in [7, 11) is 0. The summed E-state index contributed by atoms with van der Waals surface area (Å²) in [4.78, 5) is 37.4. The molecule has 2 amide bonds. The summed E-state index contributed by atoms with van der Waals surface area (Å²) in [5.41, 5.74) is 8.58. The molecule has 1 aliphatic heterocycles. The van der Waals surface area contributed by atoms with Gasteiger partial charge in [0.2, 0.25) is 0 Å². The maximum Gasteiger partial charge on any atom is 0.355 e. The maximum absolute atomic E-state index is 12.7. The average Bonchev–Trinajstić information content (AvgIpc) is 3.24. The van der Waals surface area contributed by atoms with E-state index in [1.54, 1.807) is 19.1 Å². The predicted molar refractivity (Wildman–Crippen MR) is 114 cm³/mol. The molecule has 1 aromatic heterocycles. The van der Waals surface area contributed by atoms with Gasteiger partial charge >= 0.3 is 12.0 Å². The highest BCUT2D eigenvalue weighted by Crippen LogP contribution is 2.33. The molecule has 2 heterocycles. The Bertz CT molecular complexity index is 1040. The van der Waals surface area contributed by atoms with Crippen LogP contribution in [0.1, 0.15) is 59.4 Å². The Morgan fingerprint density at radius 2 is 1.97 bits per heavy atom. The largest absolute Gasteiger partial charge is 0.461 e. The normalized spacial score (nSPS) is 17.6. The van der Waals surface area contributed by atoms with E-state index >= 15 is 0 Å². The molecule has 30 heavy (non-hydrogen) atoms. The summed E-state index contributed by atoms with van der Waals surface area (Å²) in [6.07, 6.45) is 7.23. The van der Waals surface area contributed by atoms with E-state index in [-0.39, 0.29) is 11.6 Å². The van der Waals surface area contributed by atoms with Gasteiger partial charge in [0, 0.05) is 11.3 Å². The lowest BCUT2D eigenvalue weighted by atomic mass is 9.90. The average molecular weight is 407 g/mol. The smallest absolute Gasteiger partial charge is 0.355 e. The van der Waals surface area contributed by atoms with Crippen molar-refractivity contribution in [1.82, 2.24) is 4.57 Å². The number of rotatable bonds is 4. The van der Waals surface area contributed by atoms with Gasteiger partial charge in [-0.3, -0.25) is 9.36 Å². The molecule has 0 radical (unpaired) electrons. The van der Waals surface area contributed by atoms with Gasteiger partial charge in [-0.15, -0.1) is 0 Å². The van der Waals surface area contributed by atoms with Crippen LogP contribution in [0, 0.1) is 12.8 Å². The van der Waals surface area contributed by atoms with Gasteiger partial charge < -0.3 is 15.8 Å². The number of esters is 1. The second kappa shape index (κ2) is 8.18. The van der Waals surface area contributed by atoms with Crippen molar-refractivity contribution in [2.45, 2.75) is 39.0 Å². The number of aromatic nitrogens is 1. The number of para-hydroxylation sites is 1. The van der Waals surface area contributed by atoms with Gasteiger partial charge in [0.05, 0.1) is 17.9 Å². The Balaban J connectivity index is 1.65. The Morgan fingerprint density at radius 1 is 1.23 bits per heavy atom. The van der Waals surface area contributed by atoms with Crippen LogP contribution in [0.5, 0.6) is 0 Å². The molecule has 1 aromatic carbocycles. The summed E-state index contributed by atoms with van der Waals surface area (Å²) in [5, 5.41) is 2.80. The first kappa shape index (κ1) is 19.9. The fourth-order valence-electron chi connectivity index (χ4n) is 4.26. The van der Waals surface area contributed by atoms with Crippen LogP contribution < -0.4 is 11.1 Å². The molecule has 156 valence electrons. The third kappa shape index (κ3) is 3.75. The number of ether oxygens (including phenoxy) is 1. The third-order valence-corrected chi connectivity index (χ3v) is 5.83. The first-order valence-electron chi connectivity index (χ1n) is 10.3. The molecule has 1 saturated carbocycles. The number of aryl methyl sites for hydroxylation is 1. The molecule has 0 spiro atoms. The number of carbonyl (C=O) groups excluding carboxylic acids is 3. The molecule has 2 aromatic rings. The number of anilines is 1. The minimum atomic E-state index is -0.800. The number of nitrogens with two attached hydrogens (primary N) is 1. The van der Waals surface area contributed by atoms with E-state index in [2.05, 4.69) is 5.32 Å². The lowest BCUT2D eigenvalue weighted by Gasteiger charge is -2.21. The summed E-state index contributed by atoms with van der Waals surface area (Å²) in [6, 6.07) is 8.08. The van der Waals surface area contributed by atoms with Crippen molar-refractivity contribution in [3.05, 3.63) is 52.8 Å². The van der Waals surface area contributed by atoms with E-state index in [9.17, 15) is 14.4 Å². The standard InChI is InChI=1S/C23H25N3O4/c1-14-11-20(22(28)30-13-15-7-3-2-4-8-15)26(23(24)29)19(14)12-17-16-9-5-6-10-18(16)25-21(17)27/h5-6,9-12,15H,2-4,7-8,13H2,1H3,(H2,24,29)(H,25,27). The highest BCUT2D eigenvalue weighted by Gasteiger charge is 2.27. The number of nitrogens with one attached hydrogen (secondary N) is 1. The molecular formula is C23H25N3O4. The molecule has 1 aliphatic carbocycles. The van der Waals surface area contributed by atoms with Crippen molar-refractivity contribution < 1.29 is 19.1 Å². The van der Waals surface area contributed by atoms with Crippen LogP contribution >= 0.6 is 0 Å². The number of nitrogens with zero attached hydrogens (tertiary/aromatic N) is 1. The molecule has 2 aliphatic rings. The van der Waals surface area contributed by atoms with E-state index in [0.717, 1.165) is 35.8 Å². The summed E-state index contributed by atoms with van der Waals surface area (Å²) in [5.74, 6) is -0.487. The van der Waals surface area contributed by atoms with Crippen LogP contribution in [0.4, 0.5) is 10.5 Å². The summed E-state index contributed by atoms with van der Waals surface area (Å²) in [6.45, 7) is 2.11. The number of carbonyl (C=O) groups is 3. The lowest BCUT2D eigenvalue weighted by Crippen LogP contribution is -2.26. The van der Waals surface area contributed by atoms with Crippen molar-refractivity contribution in [1.29, 1.82) is 0 Å². The van der Waals surface area contributed by atoms with Gasteiger partial charge in [-0.1, -0.05) is 37.5 Å². The molecule has 0 bridgehead atoms. The van der Waals surface area contributed by atoms with E-state index in [4.69, 9.17) is 10.5 Å². The van der Waals surface area contributed by atoms with Gasteiger partial charge in [-0.05, 0) is 49.5 Å². The Labute approximate surface area is 174 Å². The fourth-order valence-corrected chi connectivity index (χ4v) is 4.26.